The third-order valence-corrected chi connectivity index (χ3v) is 6.91. The van der Waals surface area contributed by atoms with Crippen LogP contribution in [0.15, 0.2) is 0 Å². The number of nitrogens with one attached hydrogen (secondary N) is 1. The van der Waals surface area contributed by atoms with Crippen LogP contribution in [0.5, 0.6) is 0 Å². The molecule has 2 aliphatic carbocycles. The van der Waals surface area contributed by atoms with Crippen LogP contribution in [-0.4, -0.2) is 44.8 Å². The van der Waals surface area contributed by atoms with Crippen molar-refractivity contribution in [3.8, 4) is 0 Å². The topological polar surface area (TPSA) is 87.3 Å². The zero-order valence-corrected chi connectivity index (χ0v) is 15.4. The third-order valence-electron chi connectivity index (χ3n) is 6.43. The Bertz CT molecular complexity index is 727. The predicted octanol–water partition coefficient (Wildman–Crippen LogP) is 1.94. The van der Waals surface area contributed by atoms with Gasteiger partial charge in [-0.3, -0.25) is 0 Å². The quantitative estimate of drug-likeness (QED) is 0.553. The van der Waals surface area contributed by atoms with Crippen LogP contribution in [0.1, 0.15) is 38.7 Å². The number of hydrogen-bond donors (Lipinski definition) is 3. The van der Waals surface area contributed by atoms with Crippen molar-refractivity contribution < 1.29 is 5.11 Å². The van der Waals surface area contributed by atoms with Gasteiger partial charge in [-0.25, -0.2) is 4.98 Å². The molecule has 3 fully saturated rings. The van der Waals surface area contributed by atoms with Gasteiger partial charge in [0.1, 0.15) is 16.0 Å². The van der Waals surface area contributed by atoms with Gasteiger partial charge in [-0.15, -0.1) is 0 Å². The standard InChI is InChI=1S/C16H22ClN5OS/c1-15(5-4-8-10(23)16(8,15)2)21-13-9(12(18)24)11(17)19-14(20-13)22-6-3-7-22/h8,10,23H,3-7H2,1-2H3,(H2,18,24)(H,19,20,21). The van der Waals surface area contributed by atoms with Gasteiger partial charge in [0.2, 0.25) is 5.95 Å². The largest absolute Gasteiger partial charge is 0.392 e. The van der Waals surface area contributed by atoms with Crippen LogP contribution in [-0.2, 0) is 0 Å². The molecule has 0 spiro atoms. The maximum Gasteiger partial charge on any atom is 0.228 e. The number of anilines is 2. The molecule has 0 amide bonds. The van der Waals surface area contributed by atoms with Crippen molar-refractivity contribution in [1.82, 2.24) is 9.97 Å². The fourth-order valence-electron chi connectivity index (χ4n) is 4.33. The van der Waals surface area contributed by atoms with E-state index in [2.05, 4.69) is 34.0 Å². The third kappa shape index (κ3) is 2.07. The van der Waals surface area contributed by atoms with Crippen molar-refractivity contribution in [2.24, 2.45) is 17.1 Å². The smallest absolute Gasteiger partial charge is 0.228 e. The van der Waals surface area contributed by atoms with Gasteiger partial charge in [0, 0.05) is 24.0 Å². The van der Waals surface area contributed by atoms with Crippen molar-refractivity contribution >= 4 is 40.6 Å². The number of nitrogens with two attached hydrogens (primary N) is 1. The molecule has 1 aromatic rings. The summed E-state index contributed by atoms with van der Waals surface area (Å²) in [6.07, 6.45) is 2.82. The lowest BCUT2D eigenvalue weighted by Crippen LogP contribution is -2.44. The van der Waals surface area contributed by atoms with E-state index in [9.17, 15) is 5.11 Å². The van der Waals surface area contributed by atoms with Gasteiger partial charge in [-0.2, -0.15) is 4.98 Å². The van der Waals surface area contributed by atoms with E-state index in [1.54, 1.807) is 0 Å². The first-order chi connectivity index (χ1) is 11.3. The van der Waals surface area contributed by atoms with Crippen LogP contribution in [0.4, 0.5) is 11.8 Å². The van der Waals surface area contributed by atoms with Gasteiger partial charge >= 0.3 is 0 Å². The number of thiocarbonyl (C=S) groups is 1. The van der Waals surface area contributed by atoms with Crippen LogP contribution >= 0.6 is 23.8 Å². The molecule has 8 heteroatoms. The van der Waals surface area contributed by atoms with Gasteiger partial charge in [-0.1, -0.05) is 30.7 Å². The highest BCUT2D eigenvalue weighted by Crippen LogP contribution is 2.68. The van der Waals surface area contributed by atoms with Crippen LogP contribution in [0, 0.1) is 11.3 Å². The number of fused-ring (bicyclic) bond motifs is 1. The zero-order chi connectivity index (χ0) is 17.3. The van der Waals surface area contributed by atoms with E-state index in [0.29, 0.717) is 23.2 Å². The first kappa shape index (κ1) is 16.3. The maximum atomic E-state index is 10.3. The Kier molecular flexibility index (Phi) is 3.50. The summed E-state index contributed by atoms with van der Waals surface area (Å²) in [5, 5.41) is 14.1. The molecule has 3 aliphatic rings. The molecule has 2 heterocycles. The highest BCUT2D eigenvalue weighted by Gasteiger charge is 2.73. The lowest BCUT2D eigenvalue weighted by atomic mass is 9.84. The van der Waals surface area contributed by atoms with Crippen LogP contribution in [0.2, 0.25) is 5.15 Å². The fourth-order valence-corrected chi connectivity index (χ4v) is 4.85. The minimum atomic E-state index is -0.277. The van der Waals surface area contributed by atoms with Gasteiger partial charge in [0.15, 0.2) is 0 Å². The summed E-state index contributed by atoms with van der Waals surface area (Å²) in [7, 11) is 0. The van der Waals surface area contributed by atoms with E-state index in [-0.39, 0.29) is 27.2 Å². The van der Waals surface area contributed by atoms with Crippen molar-refractivity contribution in [3.63, 3.8) is 0 Å². The lowest BCUT2D eigenvalue weighted by molar-refractivity contribution is 0.172. The fraction of sp³-hybridized carbons (Fsp3) is 0.688. The minimum absolute atomic E-state index is 0.158. The highest BCUT2D eigenvalue weighted by molar-refractivity contribution is 7.80. The average Bonchev–Trinajstić information content (AvgIpc) is 2.84. The molecule has 2 saturated carbocycles. The monoisotopic (exact) mass is 367 g/mol. The number of halogens is 1. The van der Waals surface area contributed by atoms with E-state index in [4.69, 9.17) is 29.6 Å². The molecule has 0 bridgehead atoms. The van der Waals surface area contributed by atoms with Crippen molar-refractivity contribution in [1.29, 1.82) is 0 Å². The summed E-state index contributed by atoms with van der Waals surface area (Å²) in [4.78, 5) is 11.3. The Labute approximate surface area is 151 Å². The number of rotatable bonds is 4. The number of hydrogen-bond acceptors (Lipinski definition) is 6. The zero-order valence-electron chi connectivity index (χ0n) is 13.8. The molecule has 1 saturated heterocycles. The summed E-state index contributed by atoms with van der Waals surface area (Å²) >= 11 is 11.5. The molecular formula is C16H22ClN5OS. The average molecular weight is 368 g/mol. The second-order valence-corrected chi connectivity index (χ2v) is 8.37. The summed E-state index contributed by atoms with van der Waals surface area (Å²) in [6.45, 7) is 6.11. The van der Waals surface area contributed by atoms with E-state index in [0.717, 1.165) is 32.4 Å². The maximum absolute atomic E-state index is 10.3. The molecule has 24 heavy (non-hydrogen) atoms. The molecular weight excluding hydrogens is 346 g/mol. The molecule has 0 radical (unpaired) electrons. The number of aliphatic hydroxyl groups is 1. The first-order valence-electron chi connectivity index (χ1n) is 8.36. The molecule has 4 unspecified atom stereocenters. The van der Waals surface area contributed by atoms with Crippen molar-refractivity contribution in [2.75, 3.05) is 23.3 Å². The molecule has 4 atom stereocenters. The second-order valence-electron chi connectivity index (χ2n) is 7.57. The van der Waals surface area contributed by atoms with Crippen LogP contribution in [0.25, 0.3) is 0 Å². The molecule has 1 aliphatic heterocycles. The minimum Gasteiger partial charge on any atom is -0.392 e. The van der Waals surface area contributed by atoms with Crippen molar-refractivity contribution in [3.05, 3.63) is 10.7 Å². The Morgan fingerprint density at radius 3 is 2.62 bits per heavy atom. The van der Waals surface area contributed by atoms with Crippen LogP contribution in [0.3, 0.4) is 0 Å². The van der Waals surface area contributed by atoms with Crippen molar-refractivity contribution in [2.45, 2.75) is 44.8 Å². The van der Waals surface area contributed by atoms with E-state index < -0.39 is 0 Å². The first-order valence-corrected chi connectivity index (χ1v) is 9.15. The summed E-state index contributed by atoms with van der Waals surface area (Å²) in [6, 6.07) is 0. The highest BCUT2D eigenvalue weighted by atomic mass is 35.5. The molecule has 6 nitrogen and oxygen atoms in total. The van der Waals surface area contributed by atoms with Gasteiger partial charge in [-0.05, 0) is 32.1 Å². The molecule has 4 rings (SSSR count). The lowest BCUT2D eigenvalue weighted by Gasteiger charge is -2.37. The number of nitrogens with zero attached hydrogens (tertiary/aromatic N) is 3. The SMILES string of the molecule is CC1(Nc2nc(N3CCC3)nc(Cl)c2C(N)=S)CCC2C(O)C21C. The molecule has 4 N–H and O–H groups in total. The Morgan fingerprint density at radius 2 is 2.12 bits per heavy atom. The molecule has 0 aromatic carbocycles. The van der Waals surface area contributed by atoms with E-state index in [1.165, 1.54) is 0 Å². The summed E-state index contributed by atoms with van der Waals surface area (Å²) in [5.74, 6) is 1.52. The normalized spacial score (nSPS) is 36.9. The number of aromatic nitrogens is 2. The van der Waals surface area contributed by atoms with Crippen LogP contribution < -0.4 is 16.0 Å². The number of aliphatic hydroxyl groups excluding tert-OH is 1. The van der Waals surface area contributed by atoms with E-state index in [1.807, 2.05) is 0 Å². The Hall–Kier alpha value is -1.18. The molecule has 130 valence electrons. The van der Waals surface area contributed by atoms with E-state index >= 15 is 0 Å². The molecule has 1 aromatic heterocycles. The predicted molar refractivity (Wildman–Crippen MR) is 98.6 cm³/mol. The van der Waals surface area contributed by atoms with Gasteiger partial charge < -0.3 is 21.1 Å². The summed E-state index contributed by atoms with van der Waals surface area (Å²) in [5.41, 5.74) is 5.93. The van der Waals surface area contributed by atoms with Gasteiger partial charge in [0.05, 0.1) is 11.7 Å². The Balaban J connectivity index is 1.73. The van der Waals surface area contributed by atoms with Gasteiger partial charge in [0.25, 0.3) is 0 Å². The Morgan fingerprint density at radius 1 is 1.42 bits per heavy atom. The second kappa shape index (κ2) is 5.16. The summed E-state index contributed by atoms with van der Waals surface area (Å²) < 4.78 is 0.